The van der Waals surface area contributed by atoms with Gasteiger partial charge in [-0.2, -0.15) is 13.5 Å². The van der Waals surface area contributed by atoms with Gasteiger partial charge in [0.15, 0.2) is 11.0 Å². The van der Waals surface area contributed by atoms with Gasteiger partial charge in [0.1, 0.15) is 11.6 Å². The maximum atomic E-state index is 12.0. The summed E-state index contributed by atoms with van der Waals surface area (Å²) in [6.45, 7) is 5.82. The Balaban J connectivity index is 0.000000617. The van der Waals surface area contributed by atoms with Gasteiger partial charge in [-0.3, -0.25) is 14.4 Å². The van der Waals surface area contributed by atoms with Crippen LogP contribution in [0.1, 0.15) is 18.5 Å². The molecule has 2 fully saturated rings. The Labute approximate surface area is 226 Å². The first-order valence-corrected chi connectivity index (χ1v) is 14.8. The van der Waals surface area contributed by atoms with Crippen LogP contribution >= 0.6 is 11.8 Å². The SMILES string of the molecule is CS(=O)(=O)O.Cc1cc(Nc2cc(N3CCN(C)CC3)nc(Sc3ccc(NC(=O)C4CC4)cc3)n2)n[nH]1. The standard InChI is InChI=1S/C23H28N8OS.CH4O3S/c1-15-13-20(29-28-15)25-19-14-21(31-11-9-30(2)10-12-31)27-23(26-19)33-18-7-5-17(6-8-18)24-22(32)16-3-4-16;1-5(2,3)4/h5-8,13-14,16H,3-4,9-12H2,1-2H3,(H,24,32)(H2,25,26,27,28,29);1H3,(H,2,3,4). The van der Waals surface area contributed by atoms with E-state index in [1.807, 2.05) is 43.3 Å². The van der Waals surface area contributed by atoms with Crippen molar-refractivity contribution < 1.29 is 17.8 Å². The maximum absolute atomic E-state index is 12.0. The summed E-state index contributed by atoms with van der Waals surface area (Å²) in [7, 11) is -1.53. The van der Waals surface area contributed by atoms with Crippen LogP contribution in [0.15, 0.2) is 46.5 Å². The molecule has 3 heterocycles. The van der Waals surface area contributed by atoms with Crippen LogP contribution in [0.25, 0.3) is 0 Å². The molecule has 1 aliphatic carbocycles. The number of aromatic nitrogens is 4. The molecular weight excluding hydrogens is 528 g/mol. The highest BCUT2D eigenvalue weighted by Crippen LogP contribution is 2.32. The Morgan fingerprint density at radius 2 is 1.74 bits per heavy atom. The van der Waals surface area contributed by atoms with Crippen molar-refractivity contribution in [1.29, 1.82) is 0 Å². The number of hydrogen-bond acceptors (Lipinski definition) is 10. The molecule has 4 N–H and O–H groups in total. The molecule has 3 aromatic rings. The lowest BCUT2D eigenvalue weighted by Crippen LogP contribution is -2.44. The number of H-pyrrole nitrogens is 1. The van der Waals surface area contributed by atoms with Gasteiger partial charge in [-0.15, -0.1) is 0 Å². The fraction of sp³-hybridized carbons (Fsp3) is 0.417. The van der Waals surface area contributed by atoms with E-state index in [4.69, 9.17) is 14.5 Å². The molecule has 1 amide bonds. The number of benzene rings is 1. The van der Waals surface area contributed by atoms with Crippen LogP contribution in [-0.2, 0) is 14.9 Å². The van der Waals surface area contributed by atoms with E-state index in [1.165, 1.54) is 11.8 Å². The molecule has 1 saturated heterocycles. The third-order valence-corrected chi connectivity index (χ3v) is 6.63. The van der Waals surface area contributed by atoms with Gasteiger partial charge in [-0.1, -0.05) is 0 Å². The van der Waals surface area contributed by atoms with E-state index in [0.717, 1.165) is 66.9 Å². The Hall–Kier alpha value is -3.20. The number of carbonyl (C=O) groups excluding carboxylic acids is 1. The second kappa shape index (κ2) is 12.1. The van der Waals surface area contributed by atoms with E-state index >= 15 is 0 Å². The molecule has 12 nitrogen and oxygen atoms in total. The maximum Gasteiger partial charge on any atom is 0.261 e. The highest BCUT2D eigenvalue weighted by Gasteiger charge is 2.29. The third-order valence-electron chi connectivity index (χ3n) is 5.76. The van der Waals surface area contributed by atoms with Crippen LogP contribution in [0.2, 0.25) is 0 Å². The molecule has 0 unspecified atom stereocenters. The van der Waals surface area contributed by atoms with Crippen molar-refractivity contribution in [1.82, 2.24) is 25.1 Å². The topological polar surface area (TPSA) is 156 Å². The molecule has 2 aliphatic rings. The molecule has 1 aromatic carbocycles. The van der Waals surface area contributed by atoms with Crippen molar-refractivity contribution in [3.8, 4) is 0 Å². The average molecular weight is 561 g/mol. The van der Waals surface area contributed by atoms with Gasteiger partial charge >= 0.3 is 0 Å². The summed E-state index contributed by atoms with van der Waals surface area (Å²) in [5, 5.41) is 14.2. The van der Waals surface area contributed by atoms with Gasteiger partial charge in [-0.05, 0) is 62.8 Å². The second-order valence-electron chi connectivity index (χ2n) is 9.37. The van der Waals surface area contributed by atoms with E-state index < -0.39 is 10.1 Å². The lowest BCUT2D eigenvalue weighted by atomic mass is 10.3. The molecule has 0 atom stereocenters. The predicted molar refractivity (Wildman–Crippen MR) is 148 cm³/mol. The van der Waals surface area contributed by atoms with Gasteiger partial charge < -0.3 is 20.4 Å². The van der Waals surface area contributed by atoms with Gasteiger partial charge in [0.2, 0.25) is 5.91 Å². The number of amides is 1. The van der Waals surface area contributed by atoms with Crippen molar-refractivity contribution >= 4 is 50.9 Å². The number of nitrogens with one attached hydrogen (secondary N) is 3. The molecule has 1 aliphatic heterocycles. The molecule has 1 saturated carbocycles. The summed E-state index contributed by atoms with van der Waals surface area (Å²) in [5.74, 6) is 2.64. The zero-order valence-corrected chi connectivity index (χ0v) is 23.1. The number of anilines is 4. The Kier molecular flexibility index (Phi) is 8.87. The first-order chi connectivity index (χ1) is 18.0. The van der Waals surface area contributed by atoms with Crippen LogP contribution in [0, 0.1) is 12.8 Å². The quantitative estimate of drug-likeness (QED) is 0.249. The number of aromatic amines is 1. The van der Waals surface area contributed by atoms with Crippen LogP contribution < -0.4 is 15.5 Å². The highest BCUT2D eigenvalue weighted by atomic mass is 32.2. The van der Waals surface area contributed by atoms with Crippen molar-refractivity contribution in [2.24, 2.45) is 5.92 Å². The molecule has 0 bridgehead atoms. The number of aryl methyl sites for hydroxylation is 1. The summed E-state index contributed by atoms with van der Waals surface area (Å²) in [4.78, 5) is 27.2. The summed E-state index contributed by atoms with van der Waals surface area (Å²) >= 11 is 1.50. The average Bonchev–Trinajstić information content (AvgIpc) is 3.62. The number of nitrogens with zero attached hydrogens (tertiary/aromatic N) is 5. The van der Waals surface area contributed by atoms with Gasteiger partial charge in [0.25, 0.3) is 10.1 Å². The Bertz CT molecular complexity index is 1340. The van der Waals surface area contributed by atoms with Crippen LogP contribution in [-0.4, -0.2) is 83.4 Å². The smallest absolute Gasteiger partial charge is 0.261 e. The Morgan fingerprint density at radius 1 is 1.08 bits per heavy atom. The van der Waals surface area contributed by atoms with Crippen molar-refractivity contribution in [2.75, 3.05) is 55.0 Å². The molecule has 204 valence electrons. The zero-order chi connectivity index (χ0) is 27.3. The number of rotatable bonds is 7. The van der Waals surface area contributed by atoms with Crippen molar-refractivity contribution in [2.45, 2.75) is 29.8 Å². The molecule has 38 heavy (non-hydrogen) atoms. The lowest BCUT2D eigenvalue weighted by Gasteiger charge is -2.33. The third kappa shape index (κ3) is 8.97. The Morgan fingerprint density at radius 3 is 2.32 bits per heavy atom. The minimum Gasteiger partial charge on any atom is -0.354 e. The molecular formula is C24H32N8O4S2. The van der Waals surface area contributed by atoms with Crippen LogP contribution in [0.5, 0.6) is 0 Å². The summed E-state index contributed by atoms with van der Waals surface area (Å²) in [6.07, 6.45) is 2.71. The second-order valence-corrected chi connectivity index (χ2v) is 11.9. The summed E-state index contributed by atoms with van der Waals surface area (Å²) in [5.41, 5.74) is 1.80. The van der Waals surface area contributed by atoms with Crippen molar-refractivity contribution in [3.63, 3.8) is 0 Å². The fourth-order valence-electron chi connectivity index (χ4n) is 3.63. The molecule has 2 aromatic heterocycles. The summed E-state index contributed by atoms with van der Waals surface area (Å²) in [6, 6.07) is 11.8. The normalized spacial score (nSPS) is 15.9. The minimum absolute atomic E-state index is 0.114. The number of hydrogen-bond donors (Lipinski definition) is 4. The predicted octanol–water partition coefficient (Wildman–Crippen LogP) is 3.01. The minimum atomic E-state index is -3.67. The van der Waals surface area contributed by atoms with Crippen molar-refractivity contribution in [3.05, 3.63) is 42.1 Å². The number of carbonyl (C=O) groups is 1. The first kappa shape index (κ1) is 27.8. The highest BCUT2D eigenvalue weighted by molar-refractivity contribution is 7.99. The van der Waals surface area contributed by atoms with E-state index in [9.17, 15) is 13.2 Å². The van der Waals surface area contributed by atoms with Gasteiger partial charge in [0, 0.05) is 60.5 Å². The van der Waals surface area contributed by atoms with E-state index in [0.29, 0.717) is 17.2 Å². The molecule has 0 spiro atoms. The monoisotopic (exact) mass is 560 g/mol. The molecule has 5 rings (SSSR count). The van der Waals surface area contributed by atoms with E-state index in [1.54, 1.807) is 0 Å². The first-order valence-electron chi connectivity index (χ1n) is 12.1. The van der Waals surface area contributed by atoms with E-state index in [-0.39, 0.29) is 11.8 Å². The zero-order valence-electron chi connectivity index (χ0n) is 21.5. The molecule has 14 heteroatoms. The largest absolute Gasteiger partial charge is 0.354 e. The van der Waals surface area contributed by atoms with E-state index in [2.05, 4.69) is 37.7 Å². The fourth-order valence-corrected chi connectivity index (χ4v) is 4.40. The number of likely N-dealkylation sites (N-methyl/N-ethyl adjacent to an activating group) is 1. The summed E-state index contributed by atoms with van der Waals surface area (Å²) < 4.78 is 25.9. The van der Waals surface area contributed by atoms with Crippen LogP contribution in [0.4, 0.5) is 23.1 Å². The molecule has 0 radical (unpaired) electrons. The van der Waals surface area contributed by atoms with Gasteiger partial charge in [-0.25, -0.2) is 9.97 Å². The number of piperazine rings is 1. The lowest BCUT2D eigenvalue weighted by molar-refractivity contribution is -0.117. The van der Waals surface area contributed by atoms with Crippen LogP contribution in [0.3, 0.4) is 0 Å². The van der Waals surface area contributed by atoms with Gasteiger partial charge in [0.05, 0.1) is 6.26 Å².